The van der Waals surface area contributed by atoms with Crippen LogP contribution in [0, 0.1) is 17.8 Å². The molecule has 1 aromatic carbocycles. The molecule has 4 nitrogen and oxygen atoms in total. The third-order valence-electron chi connectivity index (χ3n) is 4.05. The molecule has 3 rings (SSSR count). The van der Waals surface area contributed by atoms with Gasteiger partial charge in [-0.1, -0.05) is 30.7 Å². The zero-order chi connectivity index (χ0) is 14.4. The average Bonchev–Trinajstić information content (AvgIpc) is 2.64. The third-order valence-corrected chi connectivity index (χ3v) is 4.29. The minimum Gasteiger partial charge on any atom is -0.506 e. The average molecular weight is 292 g/mol. The molecule has 2 amide bonds. The minimum atomic E-state index is -0.331. The van der Waals surface area contributed by atoms with Gasteiger partial charge in [0, 0.05) is 11.1 Å². The predicted octanol–water partition coefficient (Wildman–Crippen LogP) is 2.75. The van der Waals surface area contributed by atoms with Crippen LogP contribution in [0.1, 0.15) is 13.3 Å². The van der Waals surface area contributed by atoms with Gasteiger partial charge in [0.25, 0.3) is 0 Å². The Balaban J connectivity index is 2.03. The fourth-order valence-corrected chi connectivity index (χ4v) is 3.24. The number of benzene rings is 1. The second-order valence-corrected chi connectivity index (χ2v) is 5.74. The number of allylic oxidation sites excluding steroid dienone is 2. The summed E-state index contributed by atoms with van der Waals surface area (Å²) in [5, 5.41) is 10.3. The molecule has 2 aliphatic rings. The quantitative estimate of drug-likeness (QED) is 0.639. The fourth-order valence-electron chi connectivity index (χ4n) is 3.07. The number of anilines is 1. The van der Waals surface area contributed by atoms with E-state index in [9.17, 15) is 14.7 Å². The molecule has 0 spiro atoms. The number of hydrogen-bond acceptors (Lipinski definition) is 3. The number of imide groups is 1. The van der Waals surface area contributed by atoms with Crippen LogP contribution in [-0.4, -0.2) is 16.9 Å². The first-order chi connectivity index (χ1) is 9.50. The first-order valence-corrected chi connectivity index (χ1v) is 6.91. The Kier molecular flexibility index (Phi) is 3.05. The molecular weight excluding hydrogens is 278 g/mol. The lowest BCUT2D eigenvalue weighted by Crippen LogP contribution is -2.31. The zero-order valence-corrected chi connectivity index (χ0v) is 11.7. The molecule has 1 aliphatic carbocycles. The van der Waals surface area contributed by atoms with E-state index in [1.807, 2.05) is 19.1 Å². The highest BCUT2D eigenvalue weighted by Gasteiger charge is 2.50. The van der Waals surface area contributed by atoms with Gasteiger partial charge in [-0.05, 0) is 24.5 Å². The van der Waals surface area contributed by atoms with E-state index in [4.69, 9.17) is 11.6 Å². The molecule has 0 radical (unpaired) electrons. The number of nitrogens with zero attached hydrogens (tertiary/aromatic N) is 1. The second-order valence-electron chi connectivity index (χ2n) is 5.30. The molecule has 1 heterocycles. The van der Waals surface area contributed by atoms with Crippen LogP contribution in [-0.2, 0) is 9.59 Å². The van der Waals surface area contributed by atoms with E-state index in [0.29, 0.717) is 11.4 Å². The van der Waals surface area contributed by atoms with Crippen LogP contribution in [0.4, 0.5) is 5.69 Å². The van der Waals surface area contributed by atoms with E-state index in [2.05, 4.69) is 0 Å². The van der Waals surface area contributed by atoms with E-state index < -0.39 is 0 Å². The minimum absolute atomic E-state index is 0.0321. The van der Waals surface area contributed by atoms with Gasteiger partial charge in [-0.15, -0.1) is 0 Å². The maximum Gasteiger partial charge on any atom is 0.238 e. The van der Waals surface area contributed by atoms with Crippen molar-refractivity contribution in [3.63, 3.8) is 0 Å². The van der Waals surface area contributed by atoms with Crippen LogP contribution in [0.5, 0.6) is 5.75 Å². The summed E-state index contributed by atoms with van der Waals surface area (Å²) in [5.74, 6) is -1.26. The van der Waals surface area contributed by atoms with Crippen LogP contribution in [0.3, 0.4) is 0 Å². The van der Waals surface area contributed by atoms with Gasteiger partial charge in [-0.3, -0.25) is 9.59 Å². The van der Waals surface area contributed by atoms with Gasteiger partial charge in [-0.25, -0.2) is 4.90 Å². The number of hydrogen-bond donors (Lipinski definition) is 1. The number of phenolic OH excluding ortho intramolecular Hbond substituents is 1. The van der Waals surface area contributed by atoms with Crippen molar-refractivity contribution < 1.29 is 14.7 Å². The maximum absolute atomic E-state index is 12.5. The molecule has 104 valence electrons. The molecule has 0 aromatic heterocycles. The van der Waals surface area contributed by atoms with Gasteiger partial charge in [-0.2, -0.15) is 0 Å². The molecular formula is C15H14ClNO3. The lowest BCUT2D eigenvalue weighted by molar-refractivity contribution is -0.122. The zero-order valence-electron chi connectivity index (χ0n) is 10.9. The van der Waals surface area contributed by atoms with Crippen LogP contribution >= 0.6 is 11.6 Å². The van der Waals surface area contributed by atoms with Crippen molar-refractivity contribution in [2.24, 2.45) is 17.8 Å². The predicted molar refractivity (Wildman–Crippen MR) is 75.5 cm³/mol. The highest BCUT2D eigenvalue weighted by Crippen LogP contribution is 2.42. The van der Waals surface area contributed by atoms with Crippen molar-refractivity contribution in [3.8, 4) is 5.75 Å². The summed E-state index contributed by atoms with van der Waals surface area (Å²) < 4.78 is 0. The summed E-state index contributed by atoms with van der Waals surface area (Å²) >= 11 is 5.78. The van der Waals surface area contributed by atoms with Crippen molar-refractivity contribution in [3.05, 3.63) is 35.4 Å². The Labute approximate surface area is 121 Å². The lowest BCUT2D eigenvalue weighted by atomic mass is 9.78. The third kappa shape index (κ3) is 1.83. The number of phenols is 1. The molecule has 1 saturated heterocycles. The smallest absolute Gasteiger partial charge is 0.238 e. The largest absolute Gasteiger partial charge is 0.506 e. The Morgan fingerprint density at radius 2 is 2.05 bits per heavy atom. The van der Waals surface area contributed by atoms with Gasteiger partial charge in [0.1, 0.15) is 5.75 Å². The molecule has 5 heteroatoms. The van der Waals surface area contributed by atoms with Gasteiger partial charge in [0.2, 0.25) is 11.8 Å². The summed E-state index contributed by atoms with van der Waals surface area (Å²) in [7, 11) is 0. The van der Waals surface area contributed by atoms with E-state index in [-0.39, 0.29) is 41.0 Å². The lowest BCUT2D eigenvalue weighted by Gasteiger charge is -2.22. The molecule has 0 bridgehead atoms. The molecule has 0 saturated carbocycles. The summed E-state index contributed by atoms with van der Waals surface area (Å²) in [5.41, 5.74) is 0.214. The van der Waals surface area contributed by atoms with Crippen molar-refractivity contribution in [2.45, 2.75) is 13.3 Å². The van der Waals surface area contributed by atoms with Crippen LogP contribution in [0.25, 0.3) is 0 Å². The number of carbonyl (C=O) groups excluding carboxylic acids is 2. The van der Waals surface area contributed by atoms with Gasteiger partial charge >= 0.3 is 0 Å². The van der Waals surface area contributed by atoms with E-state index >= 15 is 0 Å². The Hall–Kier alpha value is -1.81. The van der Waals surface area contributed by atoms with Crippen LogP contribution < -0.4 is 4.90 Å². The molecule has 1 aliphatic heterocycles. The number of halogens is 1. The highest BCUT2D eigenvalue weighted by atomic mass is 35.5. The van der Waals surface area contributed by atoms with E-state index in [0.717, 1.165) is 4.90 Å². The SMILES string of the molecule is C[C@H]1C=CC[C@H]2C(=O)N(c3ccc(Cl)cc3O)C(=O)[C@H]12. The molecule has 0 unspecified atom stereocenters. The highest BCUT2D eigenvalue weighted by molar-refractivity contribution is 6.31. The fraction of sp³-hybridized carbons (Fsp3) is 0.333. The van der Waals surface area contributed by atoms with Crippen molar-refractivity contribution in [2.75, 3.05) is 4.90 Å². The molecule has 20 heavy (non-hydrogen) atoms. The second kappa shape index (κ2) is 4.63. The standard InChI is InChI=1S/C15H14ClNO3/c1-8-3-2-4-10-13(8)15(20)17(14(10)19)11-6-5-9(16)7-12(11)18/h2-3,5-8,10,13,18H,4H2,1H3/t8-,10+,13+/m0/s1. The Morgan fingerprint density at radius 3 is 2.70 bits per heavy atom. The van der Waals surface area contributed by atoms with Gasteiger partial charge < -0.3 is 5.11 Å². The topological polar surface area (TPSA) is 57.6 Å². The maximum atomic E-state index is 12.5. The normalized spacial score (nSPS) is 28.9. The Morgan fingerprint density at radius 1 is 1.30 bits per heavy atom. The first kappa shape index (κ1) is 13.2. The molecule has 1 aromatic rings. The Bertz CT molecular complexity index is 626. The van der Waals surface area contributed by atoms with E-state index in [1.54, 1.807) is 6.07 Å². The van der Waals surface area contributed by atoms with Crippen molar-refractivity contribution in [1.82, 2.24) is 0 Å². The van der Waals surface area contributed by atoms with Crippen molar-refractivity contribution in [1.29, 1.82) is 0 Å². The number of amides is 2. The van der Waals surface area contributed by atoms with Crippen LogP contribution in [0.15, 0.2) is 30.4 Å². The van der Waals surface area contributed by atoms with Gasteiger partial charge in [0.15, 0.2) is 0 Å². The van der Waals surface area contributed by atoms with Crippen molar-refractivity contribution >= 4 is 29.1 Å². The summed E-state index contributed by atoms with van der Waals surface area (Å²) in [6.45, 7) is 1.93. The number of rotatable bonds is 1. The van der Waals surface area contributed by atoms with E-state index in [1.165, 1.54) is 12.1 Å². The molecule has 1 N–H and O–H groups in total. The number of fused-ring (bicyclic) bond motifs is 1. The van der Waals surface area contributed by atoms with Crippen LogP contribution in [0.2, 0.25) is 5.02 Å². The summed E-state index contributed by atoms with van der Waals surface area (Å²) in [4.78, 5) is 26.1. The molecule has 3 atom stereocenters. The number of carbonyl (C=O) groups is 2. The summed E-state index contributed by atoms with van der Waals surface area (Å²) in [6.07, 6.45) is 4.49. The van der Waals surface area contributed by atoms with Gasteiger partial charge in [0.05, 0.1) is 17.5 Å². The number of aromatic hydroxyl groups is 1. The molecule has 1 fully saturated rings. The monoisotopic (exact) mass is 291 g/mol. The summed E-state index contributed by atoms with van der Waals surface area (Å²) in [6, 6.07) is 4.39. The first-order valence-electron chi connectivity index (χ1n) is 6.53.